The first-order chi connectivity index (χ1) is 9.13. The average molecular weight is 278 g/mol. The highest BCUT2D eigenvalue weighted by Crippen LogP contribution is 2.69. The number of carbonyl (C=O) groups is 1. The van der Waals surface area contributed by atoms with E-state index < -0.39 is 0 Å². The van der Waals surface area contributed by atoms with Crippen LogP contribution < -0.4 is 0 Å². The van der Waals surface area contributed by atoms with Crippen molar-refractivity contribution in [2.75, 3.05) is 7.11 Å². The van der Waals surface area contributed by atoms with Crippen LogP contribution in [-0.4, -0.2) is 24.3 Å². The second-order valence-corrected chi connectivity index (χ2v) is 8.42. The summed E-state index contributed by atoms with van der Waals surface area (Å²) in [5.74, 6) is -0.245. The number of esters is 1. The Hall–Kier alpha value is -0.830. The molecule has 0 aromatic rings. The zero-order valence-corrected chi connectivity index (χ0v) is 13.2. The van der Waals surface area contributed by atoms with Crippen LogP contribution in [0.4, 0.5) is 0 Å². The number of methoxy groups -OCH3 is 1. The molecule has 4 fully saturated rings. The largest absolute Gasteiger partial charge is 0.456 e. The lowest BCUT2D eigenvalue weighted by Gasteiger charge is -2.68. The number of carbonyl (C=O) groups excluding carboxylic acids is 1. The maximum atomic E-state index is 12.1. The maximum absolute atomic E-state index is 12.1. The predicted molar refractivity (Wildman–Crippen MR) is 77.3 cm³/mol. The highest BCUT2D eigenvalue weighted by Gasteiger charge is 2.67. The minimum atomic E-state index is -0.343. The van der Waals surface area contributed by atoms with Crippen LogP contribution in [0.1, 0.15) is 59.3 Å². The van der Waals surface area contributed by atoms with E-state index in [2.05, 4.69) is 20.4 Å². The molecule has 0 spiro atoms. The molecule has 0 aromatic heterocycles. The van der Waals surface area contributed by atoms with Crippen molar-refractivity contribution in [3.8, 4) is 0 Å². The van der Waals surface area contributed by atoms with Gasteiger partial charge in [-0.15, -0.1) is 0 Å². The summed E-state index contributed by atoms with van der Waals surface area (Å²) in [5.41, 5.74) is 0.504. The van der Waals surface area contributed by atoms with E-state index in [1.807, 2.05) is 7.11 Å². The Bertz CT molecular complexity index is 461. The quantitative estimate of drug-likeness (QED) is 0.584. The fourth-order valence-electron chi connectivity index (χ4n) is 6.09. The molecule has 0 heterocycles. The van der Waals surface area contributed by atoms with Gasteiger partial charge in [-0.05, 0) is 49.9 Å². The molecule has 2 unspecified atom stereocenters. The van der Waals surface area contributed by atoms with Gasteiger partial charge in [0.2, 0.25) is 0 Å². The Labute approximate surface area is 121 Å². The number of ether oxygens (including phenoxy) is 2. The molecule has 4 aliphatic carbocycles. The Morgan fingerprint density at radius 1 is 0.950 bits per heavy atom. The van der Waals surface area contributed by atoms with Crippen LogP contribution in [0.15, 0.2) is 12.2 Å². The molecular weight excluding hydrogens is 252 g/mol. The molecule has 0 aromatic carbocycles. The number of hydrogen-bond donors (Lipinski definition) is 0. The summed E-state index contributed by atoms with van der Waals surface area (Å²) in [6.07, 6.45) is 6.20. The van der Waals surface area contributed by atoms with Gasteiger partial charge in [0.05, 0.1) is 5.60 Å². The SMILES string of the molecule is C=C(C)C(=O)OC12CC3(C)CC(C)(CC(OC)(C3)C1)C2. The molecule has 0 radical (unpaired) electrons. The molecule has 3 heteroatoms. The number of hydrogen-bond acceptors (Lipinski definition) is 3. The predicted octanol–water partition coefficient (Wildman–Crippen LogP) is 3.62. The van der Waals surface area contributed by atoms with Crippen LogP contribution in [0.2, 0.25) is 0 Å². The van der Waals surface area contributed by atoms with Gasteiger partial charge >= 0.3 is 5.97 Å². The van der Waals surface area contributed by atoms with Crippen molar-refractivity contribution in [2.45, 2.75) is 70.5 Å². The summed E-state index contributed by atoms with van der Waals surface area (Å²) in [7, 11) is 1.81. The fraction of sp³-hybridized carbons (Fsp3) is 0.824. The van der Waals surface area contributed by atoms with Crippen molar-refractivity contribution < 1.29 is 14.3 Å². The van der Waals surface area contributed by atoms with Crippen LogP contribution in [0.3, 0.4) is 0 Å². The molecule has 2 atom stereocenters. The summed E-state index contributed by atoms with van der Waals surface area (Å²) < 4.78 is 11.9. The first-order valence-corrected chi connectivity index (χ1v) is 7.57. The van der Waals surface area contributed by atoms with E-state index in [1.54, 1.807) is 6.92 Å². The Morgan fingerprint density at radius 2 is 1.45 bits per heavy atom. The van der Waals surface area contributed by atoms with Crippen LogP contribution >= 0.6 is 0 Å². The molecule has 4 bridgehead atoms. The third-order valence-electron chi connectivity index (χ3n) is 5.58. The van der Waals surface area contributed by atoms with E-state index in [0.717, 1.165) is 32.1 Å². The molecule has 0 saturated heterocycles. The topological polar surface area (TPSA) is 35.5 Å². The molecule has 4 saturated carbocycles. The molecule has 0 N–H and O–H groups in total. The van der Waals surface area contributed by atoms with Crippen molar-refractivity contribution in [3.63, 3.8) is 0 Å². The van der Waals surface area contributed by atoms with Crippen LogP contribution in [0.5, 0.6) is 0 Å². The first-order valence-electron chi connectivity index (χ1n) is 7.57. The van der Waals surface area contributed by atoms with E-state index in [1.165, 1.54) is 6.42 Å². The normalized spacial score (nSPS) is 49.2. The van der Waals surface area contributed by atoms with E-state index in [-0.39, 0.29) is 28.0 Å². The van der Waals surface area contributed by atoms with Gasteiger partial charge in [0.1, 0.15) is 5.60 Å². The molecule has 4 aliphatic rings. The Balaban J connectivity index is 1.97. The van der Waals surface area contributed by atoms with Gasteiger partial charge in [-0.25, -0.2) is 4.79 Å². The van der Waals surface area contributed by atoms with Gasteiger partial charge in [0.15, 0.2) is 0 Å². The van der Waals surface area contributed by atoms with Crippen LogP contribution in [-0.2, 0) is 14.3 Å². The fourth-order valence-corrected chi connectivity index (χ4v) is 6.09. The summed E-state index contributed by atoms with van der Waals surface area (Å²) in [5, 5.41) is 0. The van der Waals surface area contributed by atoms with Gasteiger partial charge in [-0.2, -0.15) is 0 Å². The van der Waals surface area contributed by atoms with Gasteiger partial charge in [0, 0.05) is 19.1 Å². The van der Waals surface area contributed by atoms with Gasteiger partial charge in [-0.1, -0.05) is 20.4 Å². The Kier molecular flexibility index (Phi) is 2.74. The van der Waals surface area contributed by atoms with Crippen molar-refractivity contribution >= 4 is 5.97 Å². The molecule has 20 heavy (non-hydrogen) atoms. The van der Waals surface area contributed by atoms with Crippen molar-refractivity contribution in [3.05, 3.63) is 12.2 Å². The average Bonchev–Trinajstić information content (AvgIpc) is 2.23. The highest BCUT2D eigenvalue weighted by atomic mass is 16.6. The molecule has 0 amide bonds. The van der Waals surface area contributed by atoms with E-state index in [4.69, 9.17) is 9.47 Å². The van der Waals surface area contributed by atoms with Crippen LogP contribution in [0.25, 0.3) is 0 Å². The lowest BCUT2D eigenvalue weighted by molar-refractivity contribution is -0.266. The van der Waals surface area contributed by atoms with Gasteiger partial charge < -0.3 is 9.47 Å². The molecule has 3 nitrogen and oxygen atoms in total. The monoisotopic (exact) mass is 278 g/mol. The van der Waals surface area contributed by atoms with Crippen molar-refractivity contribution in [1.29, 1.82) is 0 Å². The minimum absolute atomic E-state index is 0.104. The second-order valence-electron chi connectivity index (χ2n) is 8.42. The first kappa shape index (κ1) is 14.1. The summed E-state index contributed by atoms with van der Waals surface area (Å²) in [6, 6.07) is 0. The maximum Gasteiger partial charge on any atom is 0.333 e. The second kappa shape index (κ2) is 3.88. The number of rotatable bonds is 3. The minimum Gasteiger partial charge on any atom is -0.456 e. The zero-order valence-electron chi connectivity index (χ0n) is 13.2. The summed E-state index contributed by atoms with van der Waals surface area (Å²) in [6.45, 7) is 10.1. The van der Waals surface area contributed by atoms with Gasteiger partial charge in [-0.3, -0.25) is 0 Å². The van der Waals surface area contributed by atoms with Crippen LogP contribution in [0, 0.1) is 10.8 Å². The van der Waals surface area contributed by atoms with Crippen molar-refractivity contribution in [2.24, 2.45) is 10.8 Å². The smallest absolute Gasteiger partial charge is 0.333 e. The lowest BCUT2D eigenvalue weighted by atomic mass is 9.42. The molecule has 4 rings (SSSR count). The Morgan fingerprint density at radius 3 is 1.90 bits per heavy atom. The summed E-state index contributed by atoms with van der Waals surface area (Å²) >= 11 is 0. The molecule has 0 aliphatic heterocycles. The molecule has 112 valence electrons. The van der Waals surface area contributed by atoms with Crippen molar-refractivity contribution in [1.82, 2.24) is 0 Å². The standard InChI is InChI=1S/C17H26O3/c1-12(2)13(18)20-17-9-14(3)6-15(4,10-17)8-16(7-14,11-17)19-5/h1,6-11H2,2-5H3. The highest BCUT2D eigenvalue weighted by molar-refractivity contribution is 5.87. The van der Waals surface area contributed by atoms with E-state index >= 15 is 0 Å². The lowest BCUT2D eigenvalue weighted by Crippen LogP contribution is -2.67. The van der Waals surface area contributed by atoms with Gasteiger partial charge in [0.25, 0.3) is 0 Å². The zero-order chi connectivity index (χ0) is 14.8. The third-order valence-corrected chi connectivity index (χ3v) is 5.58. The molecular formula is C17H26O3. The van der Waals surface area contributed by atoms with E-state index in [0.29, 0.717) is 5.57 Å². The third kappa shape index (κ3) is 2.02. The van der Waals surface area contributed by atoms with E-state index in [9.17, 15) is 4.79 Å². The summed E-state index contributed by atoms with van der Waals surface area (Å²) in [4.78, 5) is 12.1.